The van der Waals surface area contributed by atoms with Gasteiger partial charge in [0.25, 0.3) is 11.6 Å². The van der Waals surface area contributed by atoms with Crippen molar-refractivity contribution >= 4 is 23.4 Å². The number of nitrogens with zero attached hydrogens (tertiary/aromatic N) is 1. The first kappa shape index (κ1) is 19.1. The van der Waals surface area contributed by atoms with Gasteiger partial charge in [-0.1, -0.05) is 6.07 Å². The Balaban J connectivity index is 2.60. The molecule has 1 rings (SSSR count). The minimum absolute atomic E-state index is 0.0804. The fraction of sp³-hybridized carbons (Fsp3) is 0.400. The molecule has 0 aliphatic carbocycles. The van der Waals surface area contributed by atoms with Crippen LogP contribution in [0.15, 0.2) is 18.2 Å². The molecule has 0 aliphatic heterocycles. The average molecular weight is 336 g/mol. The molecule has 0 spiro atoms. The van der Waals surface area contributed by atoms with Crippen LogP contribution < -0.4 is 16.0 Å². The molecule has 1 atom stereocenters. The van der Waals surface area contributed by atoms with E-state index in [4.69, 9.17) is 0 Å². The van der Waals surface area contributed by atoms with Crippen LogP contribution in [0.1, 0.15) is 29.8 Å². The molecule has 130 valence electrons. The third kappa shape index (κ3) is 5.34. The van der Waals surface area contributed by atoms with Crippen molar-refractivity contribution in [3.8, 4) is 0 Å². The van der Waals surface area contributed by atoms with Gasteiger partial charge < -0.3 is 16.0 Å². The molecule has 0 saturated heterocycles. The maximum atomic E-state index is 12.0. The number of amides is 3. The lowest BCUT2D eigenvalue weighted by atomic mass is 10.1. The SMILES string of the molecule is CCNC(=O)C(C)NC(=O)CNC(=O)c1ccc(C)c([N+](=O)[O-])c1. The summed E-state index contributed by atoms with van der Waals surface area (Å²) in [5.41, 5.74) is 0.346. The molecule has 1 aromatic carbocycles. The Morgan fingerprint density at radius 2 is 1.92 bits per heavy atom. The Kier molecular flexibility index (Phi) is 6.84. The summed E-state index contributed by atoms with van der Waals surface area (Å²) < 4.78 is 0. The highest BCUT2D eigenvalue weighted by Crippen LogP contribution is 2.19. The molecule has 24 heavy (non-hydrogen) atoms. The lowest BCUT2D eigenvalue weighted by Gasteiger charge is -2.13. The zero-order chi connectivity index (χ0) is 18.3. The van der Waals surface area contributed by atoms with E-state index in [9.17, 15) is 24.5 Å². The van der Waals surface area contributed by atoms with Crippen LogP contribution in [0, 0.1) is 17.0 Å². The Hall–Kier alpha value is -2.97. The molecule has 1 aromatic rings. The average Bonchev–Trinajstić information content (AvgIpc) is 2.52. The van der Waals surface area contributed by atoms with Gasteiger partial charge in [0, 0.05) is 23.7 Å². The number of nitro groups is 1. The summed E-state index contributed by atoms with van der Waals surface area (Å²) in [4.78, 5) is 45.5. The quantitative estimate of drug-likeness (QED) is 0.486. The zero-order valence-electron chi connectivity index (χ0n) is 13.7. The Labute approximate surface area is 139 Å². The van der Waals surface area contributed by atoms with Gasteiger partial charge in [-0.3, -0.25) is 24.5 Å². The van der Waals surface area contributed by atoms with Crippen molar-refractivity contribution in [3.05, 3.63) is 39.4 Å². The molecule has 0 bridgehead atoms. The first-order valence-corrected chi connectivity index (χ1v) is 7.36. The number of nitrogens with one attached hydrogen (secondary N) is 3. The monoisotopic (exact) mass is 336 g/mol. The molecule has 0 saturated carbocycles. The van der Waals surface area contributed by atoms with Crippen LogP contribution in [-0.2, 0) is 9.59 Å². The molecular weight excluding hydrogens is 316 g/mol. The van der Waals surface area contributed by atoms with E-state index >= 15 is 0 Å². The Morgan fingerprint density at radius 3 is 2.50 bits per heavy atom. The molecule has 0 fully saturated rings. The molecular formula is C15H20N4O5. The summed E-state index contributed by atoms with van der Waals surface area (Å²) in [6, 6.07) is 3.33. The van der Waals surface area contributed by atoms with Crippen molar-refractivity contribution in [3.63, 3.8) is 0 Å². The summed E-state index contributed by atoms with van der Waals surface area (Å²) in [6.45, 7) is 4.95. The highest BCUT2D eigenvalue weighted by Gasteiger charge is 2.17. The van der Waals surface area contributed by atoms with Gasteiger partial charge in [0.1, 0.15) is 6.04 Å². The highest BCUT2D eigenvalue weighted by molar-refractivity contribution is 5.97. The third-order valence-corrected chi connectivity index (χ3v) is 3.20. The predicted octanol–water partition coefficient (Wildman–Crippen LogP) is 0.274. The minimum atomic E-state index is -0.727. The second kappa shape index (κ2) is 8.61. The standard InChI is InChI=1S/C15H20N4O5/c1-4-16-14(21)10(3)18-13(20)8-17-15(22)11-6-5-9(2)12(7-11)19(23)24/h5-7,10H,4,8H2,1-3H3,(H,16,21)(H,17,22)(H,18,20). The second-order valence-corrected chi connectivity index (χ2v) is 5.12. The molecule has 3 amide bonds. The molecule has 3 N–H and O–H groups in total. The van der Waals surface area contributed by atoms with Crippen LogP contribution in [0.5, 0.6) is 0 Å². The van der Waals surface area contributed by atoms with E-state index in [-0.39, 0.29) is 23.7 Å². The largest absolute Gasteiger partial charge is 0.355 e. The van der Waals surface area contributed by atoms with Crippen molar-refractivity contribution in [2.45, 2.75) is 26.8 Å². The lowest BCUT2D eigenvalue weighted by Crippen LogP contribution is -2.47. The molecule has 0 aliphatic rings. The first-order valence-electron chi connectivity index (χ1n) is 7.36. The van der Waals surface area contributed by atoms with Gasteiger partial charge in [-0.05, 0) is 26.8 Å². The molecule has 0 radical (unpaired) electrons. The van der Waals surface area contributed by atoms with E-state index in [1.54, 1.807) is 13.8 Å². The van der Waals surface area contributed by atoms with Gasteiger partial charge in [0.05, 0.1) is 11.5 Å². The lowest BCUT2D eigenvalue weighted by molar-refractivity contribution is -0.385. The van der Waals surface area contributed by atoms with Crippen LogP contribution in [0.4, 0.5) is 5.69 Å². The predicted molar refractivity (Wildman–Crippen MR) is 86.5 cm³/mol. The Morgan fingerprint density at radius 1 is 1.25 bits per heavy atom. The molecule has 1 unspecified atom stereocenters. The van der Waals surface area contributed by atoms with Crippen LogP contribution in [-0.4, -0.2) is 41.8 Å². The maximum Gasteiger partial charge on any atom is 0.273 e. The van der Waals surface area contributed by atoms with Crippen LogP contribution >= 0.6 is 0 Å². The summed E-state index contributed by atoms with van der Waals surface area (Å²) in [5.74, 6) is -1.48. The van der Waals surface area contributed by atoms with Gasteiger partial charge in [-0.15, -0.1) is 0 Å². The maximum absolute atomic E-state index is 12.0. The van der Waals surface area contributed by atoms with Crippen LogP contribution in [0.2, 0.25) is 0 Å². The number of carbonyl (C=O) groups excluding carboxylic acids is 3. The number of rotatable bonds is 7. The zero-order valence-corrected chi connectivity index (χ0v) is 13.7. The number of hydrogen-bond donors (Lipinski definition) is 3. The first-order chi connectivity index (χ1) is 11.3. The van der Waals surface area contributed by atoms with Gasteiger partial charge in [-0.2, -0.15) is 0 Å². The van der Waals surface area contributed by atoms with Crippen molar-refractivity contribution in [2.24, 2.45) is 0 Å². The van der Waals surface area contributed by atoms with Gasteiger partial charge in [-0.25, -0.2) is 0 Å². The van der Waals surface area contributed by atoms with E-state index in [1.807, 2.05) is 0 Å². The smallest absolute Gasteiger partial charge is 0.273 e. The summed E-state index contributed by atoms with van der Waals surface area (Å²) >= 11 is 0. The summed E-state index contributed by atoms with van der Waals surface area (Å²) in [5, 5.41) is 18.2. The third-order valence-electron chi connectivity index (χ3n) is 3.20. The van der Waals surface area contributed by atoms with Crippen LogP contribution in [0.25, 0.3) is 0 Å². The van der Waals surface area contributed by atoms with Gasteiger partial charge in [0.15, 0.2) is 0 Å². The van der Waals surface area contributed by atoms with Crippen molar-refractivity contribution < 1.29 is 19.3 Å². The summed E-state index contributed by atoms with van der Waals surface area (Å²) in [7, 11) is 0. The second-order valence-electron chi connectivity index (χ2n) is 5.12. The number of likely N-dealkylation sites (N-methyl/N-ethyl adjacent to an activating group) is 1. The van der Waals surface area contributed by atoms with E-state index in [1.165, 1.54) is 19.1 Å². The number of carbonyl (C=O) groups is 3. The minimum Gasteiger partial charge on any atom is -0.355 e. The van der Waals surface area contributed by atoms with E-state index in [0.29, 0.717) is 12.1 Å². The van der Waals surface area contributed by atoms with Crippen molar-refractivity contribution in [1.82, 2.24) is 16.0 Å². The normalized spacial score (nSPS) is 11.3. The van der Waals surface area contributed by atoms with Gasteiger partial charge in [0.2, 0.25) is 11.8 Å². The Bertz CT molecular complexity index is 659. The number of hydrogen-bond acceptors (Lipinski definition) is 5. The molecule has 0 heterocycles. The van der Waals surface area contributed by atoms with Gasteiger partial charge >= 0.3 is 0 Å². The molecule has 9 heteroatoms. The highest BCUT2D eigenvalue weighted by atomic mass is 16.6. The molecule has 0 aromatic heterocycles. The van der Waals surface area contributed by atoms with Crippen molar-refractivity contribution in [1.29, 1.82) is 0 Å². The van der Waals surface area contributed by atoms with Crippen LogP contribution in [0.3, 0.4) is 0 Å². The van der Waals surface area contributed by atoms with Crippen molar-refractivity contribution in [2.75, 3.05) is 13.1 Å². The number of nitro benzene ring substituents is 1. The van der Waals surface area contributed by atoms with E-state index < -0.39 is 22.8 Å². The fourth-order valence-electron chi connectivity index (χ4n) is 1.90. The number of aryl methyl sites for hydroxylation is 1. The van der Waals surface area contributed by atoms with E-state index in [2.05, 4.69) is 16.0 Å². The molecule has 9 nitrogen and oxygen atoms in total. The fourth-order valence-corrected chi connectivity index (χ4v) is 1.90. The topological polar surface area (TPSA) is 130 Å². The summed E-state index contributed by atoms with van der Waals surface area (Å²) in [6.07, 6.45) is 0. The van der Waals surface area contributed by atoms with E-state index in [0.717, 1.165) is 6.07 Å². The number of benzene rings is 1.